The summed E-state index contributed by atoms with van der Waals surface area (Å²) in [7, 11) is 0. The Morgan fingerprint density at radius 1 is 1.44 bits per heavy atom. The Hall–Kier alpha value is -0.260. The van der Waals surface area contributed by atoms with Crippen LogP contribution in [0.1, 0.15) is 24.7 Å². The van der Waals surface area contributed by atoms with Crippen molar-refractivity contribution in [1.82, 2.24) is 14.5 Å². The number of imidazole rings is 1. The van der Waals surface area contributed by atoms with Gasteiger partial charge < -0.3 is 4.57 Å². The third kappa shape index (κ3) is 2.28. The SMILES string of the molecule is ClCc1nc2cc(Br)cnc2n1C1CCSCC1. The zero-order valence-electron chi connectivity index (χ0n) is 9.77. The van der Waals surface area contributed by atoms with E-state index < -0.39 is 0 Å². The van der Waals surface area contributed by atoms with Crippen LogP contribution in [0.3, 0.4) is 0 Å². The Morgan fingerprint density at radius 3 is 2.94 bits per heavy atom. The van der Waals surface area contributed by atoms with Gasteiger partial charge in [-0.15, -0.1) is 11.6 Å². The highest BCUT2D eigenvalue weighted by molar-refractivity contribution is 9.10. The van der Waals surface area contributed by atoms with Gasteiger partial charge in [-0.25, -0.2) is 9.97 Å². The van der Waals surface area contributed by atoms with Gasteiger partial charge in [-0.2, -0.15) is 11.8 Å². The van der Waals surface area contributed by atoms with Gasteiger partial charge in [0.2, 0.25) is 0 Å². The third-order valence-corrected chi connectivity index (χ3v) is 4.97. The lowest BCUT2D eigenvalue weighted by Gasteiger charge is -2.24. The summed E-state index contributed by atoms with van der Waals surface area (Å²) in [6.07, 6.45) is 4.19. The fourth-order valence-corrected chi connectivity index (χ4v) is 4.02. The molecule has 0 unspecified atom stereocenters. The van der Waals surface area contributed by atoms with Crippen molar-refractivity contribution in [3.63, 3.8) is 0 Å². The fourth-order valence-electron chi connectivity index (χ4n) is 2.43. The molecule has 1 fully saturated rings. The number of aromatic nitrogens is 3. The van der Waals surface area contributed by atoms with Gasteiger partial charge in [0.05, 0.1) is 5.88 Å². The van der Waals surface area contributed by atoms with Gasteiger partial charge in [-0.3, -0.25) is 0 Å². The monoisotopic (exact) mass is 345 g/mol. The molecule has 1 aliphatic rings. The van der Waals surface area contributed by atoms with Crippen LogP contribution < -0.4 is 0 Å². The first-order chi connectivity index (χ1) is 8.79. The van der Waals surface area contributed by atoms with Crippen molar-refractivity contribution in [2.24, 2.45) is 0 Å². The molecule has 0 saturated carbocycles. The molecule has 0 spiro atoms. The highest BCUT2D eigenvalue weighted by Gasteiger charge is 2.21. The van der Waals surface area contributed by atoms with E-state index in [4.69, 9.17) is 11.6 Å². The molecule has 1 aliphatic heterocycles. The zero-order chi connectivity index (χ0) is 12.5. The first-order valence-electron chi connectivity index (χ1n) is 5.95. The number of rotatable bonds is 2. The number of pyridine rings is 1. The Labute approximate surface area is 123 Å². The first kappa shape index (κ1) is 12.8. The molecule has 96 valence electrons. The first-order valence-corrected chi connectivity index (χ1v) is 8.44. The minimum Gasteiger partial charge on any atom is -0.309 e. The minimum absolute atomic E-state index is 0.442. The van der Waals surface area contributed by atoms with Crippen LogP contribution in [-0.4, -0.2) is 26.0 Å². The van der Waals surface area contributed by atoms with Crippen molar-refractivity contribution in [3.05, 3.63) is 22.6 Å². The summed E-state index contributed by atoms with van der Waals surface area (Å²) in [5, 5.41) is 0. The minimum atomic E-state index is 0.442. The number of nitrogens with zero attached hydrogens (tertiary/aromatic N) is 3. The van der Waals surface area contributed by atoms with E-state index in [9.17, 15) is 0 Å². The topological polar surface area (TPSA) is 30.7 Å². The van der Waals surface area contributed by atoms with E-state index in [-0.39, 0.29) is 0 Å². The number of hydrogen-bond acceptors (Lipinski definition) is 3. The number of halogens is 2. The molecular formula is C12H13BrClN3S. The molecule has 2 aromatic heterocycles. The molecule has 0 aliphatic carbocycles. The smallest absolute Gasteiger partial charge is 0.160 e. The van der Waals surface area contributed by atoms with Gasteiger partial charge in [0.15, 0.2) is 5.65 Å². The van der Waals surface area contributed by atoms with E-state index in [0.717, 1.165) is 21.5 Å². The van der Waals surface area contributed by atoms with Gasteiger partial charge >= 0.3 is 0 Å². The molecule has 6 heteroatoms. The van der Waals surface area contributed by atoms with E-state index in [0.29, 0.717) is 11.9 Å². The second kappa shape index (κ2) is 5.39. The summed E-state index contributed by atoms with van der Waals surface area (Å²) < 4.78 is 3.20. The van der Waals surface area contributed by atoms with Crippen LogP contribution in [0.5, 0.6) is 0 Å². The van der Waals surface area contributed by atoms with Crippen LogP contribution in [0, 0.1) is 0 Å². The fraction of sp³-hybridized carbons (Fsp3) is 0.500. The van der Waals surface area contributed by atoms with Gasteiger partial charge in [-0.1, -0.05) is 0 Å². The zero-order valence-corrected chi connectivity index (χ0v) is 12.9. The predicted molar refractivity (Wildman–Crippen MR) is 80.4 cm³/mol. The average Bonchev–Trinajstić information content (AvgIpc) is 2.77. The molecule has 0 atom stereocenters. The van der Waals surface area contributed by atoms with Crippen LogP contribution in [0.25, 0.3) is 11.2 Å². The lowest BCUT2D eigenvalue weighted by molar-refractivity contribution is 0.467. The molecule has 1 saturated heterocycles. The normalized spacial score (nSPS) is 17.4. The molecule has 0 amide bonds. The summed E-state index contributed by atoms with van der Waals surface area (Å²) in [6, 6.07) is 2.51. The molecule has 18 heavy (non-hydrogen) atoms. The Bertz CT molecular complexity index is 566. The molecule has 0 N–H and O–H groups in total. The largest absolute Gasteiger partial charge is 0.309 e. The maximum Gasteiger partial charge on any atom is 0.160 e. The van der Waals surface area contributed by atoms with Crippen molar-refractivity contribution in [2.45, 2.75) is 24.8 Å². The van der Waals surface area contributed by atoms with Crippen molar-refractivity contribution in [1.29, 1.82) is 0 Å². The maximum absolute atomic E-state index is 6.03. The van der Waals surface area contributed by atoms with Crippen molar-refractivity contribution in [3.8, 4) is 0 Å². The molecule has 0 radical (unpaired) electrons. The van der Waals surface area contributed by atoms with Crippen LogP contribution >= 0.6 is 39.3 Å². The van der Waals surface area contributed by atoms with Crippen LogP contribution in [0.2, 0.25) is 0 Å². The lowest BCUT2D eigenvalue weighted by atomic mass is 10.1. The quantitative estimate of drug-likeness (QED) is 0.770. The van der Waals surface area contributed by atoms with E-state index in [2.05, 4.69) is 30.5 Å². The summed E-state index contributed by atoms with van der Waals surface area (Å²) in [5.74, 6) is 3.80. The highest BCUT2D eigenvalue weighted by atomic mass is 79.9. The van der Waals surface area contributed by atoms with E-state index in [1.54, 1.807) is 0 Å². The molecular weight excluding hydrogens is 334 g/mol. The lowest BCUT2D eigenvalue weighted by Crippen LogP contribution is -2.17. The molecule has 2 aromatic rings. The Morgan fingerprint density at radius 2 is 2.22 bits per heavy atom. The Kier molecular flexibility index (Phi) is 3.82. The van der Waals surface area contributed by atoms with Gasteiger partial charge in [0.1, 0.15) is 11.3 Å². The number of hydrogen-bond donors (Lipinski definition) is 0. The number of thioether (sulfide) groups is 1. The highest BCUT2D eigenvalue weighted by Crippen LogP contribution is 2.31. The van der Waals surface area contributed by atoms with E-state index in [1.165, 1.54) is 24.3 Å². The third-order valence-electron chi connectivity index (χ3n) is 3.25. The van der Waals surface area contributed by atoms with Gasteiger partial charge in [0.25, 0.3) is 0 Å². The Balaban J connectivity index is 2.12. The van der Waals surface area contributed by atoms with Crippen molar-refractivity contribution < 1.29 is 0 Å². The van der Waals surface area contributed by atoms with Crippen molar-refractivity contribution >= 4 is 50.5 Å². The second-order valence-electron chi connectivity index (χ2n) is 4.37. The molecule has 0 bridgehead atoms. The summed E-state index contributed by atoms with van der Waals surface area (Å²) in [6.45, 7) is 0. The molecule has 3 heterocycles. The van der Waals surface area contributed by atoms with Crippen LogP contribution in [0.15, 0.2) is 16.7 Å². The molecule has 0 aromatic carbocycles. The maximum atomic E-state index is 6.03. The van der Waals surface area contributed by atoms with Gasteiger partial charge in [-0.05, 0) is 46.3 Å². The molecule has 3 nitrogen and oxygen atoms in total. The van der Waals surface area contributed by atoms with Crippen LogP contribution in [0.4, 0.5) is 0 Å². The van der Waals surface area contributed by atoms with E-state index >= 15 is 0 Å². The summed E-state index contributed by atoms with van der Waals surface area (Å²) >= 11 is 11.5. The second-order valence-corrected chi connectivity index (χ2v) is 6.78. The number of alkyl halides is 1. The summed E-state index contributed by atoms with van der Waals surface area (Å²) in [5.41, 5.74) is 1.89. The molecule has 3 rings (SSSR count). The van der Waals surface area contributed by atoms with Crippen LogP contribution in [-0.2, 0) is 5.88 Å². The van der Waals surface area contributed by atoms with Gasteiger partial charge in [0, 0.05) is 16.7 Å². The standard InChI is InChI=1S/C12H13BrClN3S/c13-8-5-10-12(15-7-8)17(11(6-14)16-10)9-1-3-18-4-2-9/h5,7,9H,1-4,6H2. The van der Waals surface area contributed by atoms with Crippen molar-refractivity contribution in [2.75, 3.05) is 11.5 Å². The predicted octanol–water partition coefficient (Wildman–Crippen LogP) is 4.00. The average molecular weight is 347 g/mol. The van der Waals surface area contributed by atoms with E-state index in [1.807, 2.05) is 24.0 Å². The number of fused-ring (bicyclic) bond motifs is 1. The summed E-state index contributed by atoms with van der Waals surface area (Å²) in [4.78, 5) is 9.11.